The van der Waals surface area contributed by atoms with Gasteiger partial charge in [0, 0.05) is 12.8 Å². The summed E-state index contributed by atoms with van der Waals surface area (Å²) in [7, 11) is 0. The molecule has 0 saturated carbocycles. The molecule has 0 radical (unpaired) electrons. The number of carboxylic acids is 1. The predicted octanol–water partition coefficient (Wildman–Crippen LogP) is 4.39. The van der Waals surface area contributed by atoms with Gasteiger partial charge in [0.1, 0.15) is 0 Å². The van der Waals surface area contributed by atoms with Crippen LogP contribution >= 0.6 is 0 Å². The summed E-state index contributed by atoms with van der Waals surface area (Å²) in [6.45, 7) is 0. The van der Waals surface area contributed by atoms with Gasteiger partial charge in [-0.3, -0.25) is 4.79 Å². The number of carboxylic acid groups (broad SMARTS) is 1. The lowest BCUT2D eigenvalue weighted by Gasteiger charge is -2.01. The van der Waals surface area contributed by atoms with E-state index < -0.39 is 5.97 Å². The summed E-state index contributed by atoms with van der Waals surface area (Å²) in [5.74, 6) is 2.00. The summed E-state index contributed by atoms with van der Waals surface area (Å²) in [4.78, 5) is 10.3. The first kappa shape index (κ1) is 16.0. The lowest BCUT2D eigenvalue weighted by Crippen LogP contribution is -1.93. The van der Waals surface area contributed by atoms with E-state index in [4.69, 9.17) is 11.5 Å². The SMILES string of the molecule is C#CCCCCCCCCCCCCC(=O)O. The van der Waals surface area contributed by atoms with Crippen LogP contribution in [0.2, 0.25) is 0 Å². The van der Waals surface area contributed by atoms with Crippen LogP contribution < -0.4 is 0 Å². The Bertz CT molecular complexity index is 215. The fraction of sp³-hybridized carbons (Fsp3) is 0.800. The normalized spacial score (nSPS) is 10.1. The number of carbonyl (C=O) groups is 1. The quantitative estimate of drug-likeness (QED) is 0.404. The molecule has 0 atom stereocenters. The second kappa shape index (κ2) is 13.1. The van der Waals surface area contributed by atoms with Crippen molar-refractivity contribution in [1.29, 1.82) is 0 Å². The highest BCUT2D eigenvalue weighted by molar-refractivity contribution is 5.66. The maximum absolute atomic E-state index is 10.3. The average Bonchev–Trinajstić information content (AvgIpc) is 2.30. The van der Waals surface area contributed by atoms with Gasteiger partial charge in [0.15, 0.2) is 0 Å². The van der Waals surface area contributed by atoms with Crippen molar-refractivity contribution in [2.45, 2.75) is 77.0 Å². The first-order chi connectivity index (χ1) is 8.27. The van der Waals surface area contributed by atoms with Gasteiger partial charge in [-0.25, -0.2) is 0 Å². The molecule has 1 N–H and O–H groups in total. The fourth-order valence-corrected chi connectivity index (χ4v) is 1.92. The summed E-state index contributed by atoms with van der Waals surface area (Å²) in [6.07, 6.45) is 18.4. The van der Waals surface area contributed by atoms with Crippen LogP contribution in [0.5, 0.6) is 0 Å². The van der Waals surface area contributed by atoms with Crippen LogP contribution in [0, 0.1) is 12.3 Å². The average molecular weight is 238 g/mol. The van der Waals surface area contributed by atoms with Gasteiger partial charge >= 0.3 is 5.97 Å². The lowest BCUT2D eigenvalue weighted by molar-refractivity contribution is -0.137. The number of hydrogen-bond donors (Lipinski definition) is 1. The molecule has 0 saturated heterocycles. The standard InChI is InChI=1S/C15H26O2/c1-2-3-4-5-6-7-8-9-10-11-12-13-14-15(16)17/h1H,3-14H2,(H,16,17). The zero-order valence-electron chi connectivity index (χ0n) is 10.9. The van der Waals surface area contributed by atoms with Crippen molar-refractivity contribution in [2.24, 2.45) is 0 Å². The third kappa shape index (κ3) is 15.0. The number of terminal acetylenes is 1. The molecule has 0 heterocycles. The highest BCUT2D eigenvalue weighted by Crippen LogP contribution is 2.11. The minimum atomic E-state index is -0.669. The molecule has 17 heavy (non-hydrogen) atoms. The molecule has 98 valence electrons. The van der Waals surface area contributed by atoms with Crippen LogP contribution in [0.4, 0.5) is 0 Å². The summed E-state index contributed by atoms with van der Waals surface area (Å²) in [5, 5.41) is 8.46. The molecule has 0 spiro atoms. The van der Waals surface area contributed by atoms with Crippen LogP contribution in [-0.4, -0.2) is 11.1 Å². The Balaban J connectivity index is 2.94. The highest BCUT2D eigenvalue weighted by Gasteiger charge is 1.96. The third-order valence-corrected chi connectivity index (χ3v) is 2.96. The Hall–Kier alpha value is -0.970. The van der Waals surface area contributed by atoms with Crippen molar-refractivity contribution >= 4 is 5.97 Å². The van der Waals surface area contributed by atoms with Crippen LogP contribution in [0.25, 0.3) is 0 Å². The lowest BCUT2D eigenvalue weighted by atomic mass is 10.1. The summed E-state index contributed by atoms with van der Waals surface area (Å²) < 4.78 is 0. The second-order valence-corrected chi connectivity index (χ2v) is 4.63. The number of aliphatic carboxylic acids is 1. The van der Waals surface area contributed by atoms with E-state index in [-0.39, 0.29) is 0 Å². The van der Waals surface area contributed by atoms with Gasteiger partial charge in [-0.15, -0.1) is 12.3 Å². The Morgan fingerprint density at radius 2 is 1.24 bits per heavy atom. The summed E-state index contributed by atoms with van der Waals surface area (Å²) in [5.41, 5.74) is 0. The molecule has 0 amide bonds. The van der Waals surface area contributed by atoms with Gasteiger partial charge in [0.25, 0.3) is 0 Å². The minimum absolute atomic E-state index is 0.329. The molecule has 0 unspecified atom stereocenters. The molecule has 0 aromatic carbocycles. The van der Waals surface area contributed by atoms with E-state index in [1.807, 2.05) is 0 Å². The van der Waals surface area contributed by atoms with Crippen molar-refractivity contribution in [3.8, 4) is 12.3 Å². The van der Waals surface area contributed by atoms with E-state index >= 15 is 0 Å². The largest absolute Gasteiger partial charge is 0.481 e. The van der Waals surface area contributed by atoms with Crippen LogP contribution in [0.15, 0.2) is 0 Å². The molecule has 2 heteroatoms. The van der Waals surface area contributed by atoms with Crippen molar-refractivity contribution in [2.75, 3.05) is 0 Å². The van der Waals surface area contributed by atoms with Gasteiger partial charge in [-0.1, -0.05) is 51.4 Å². The van der Waals surface area contributed by atoms with E-state index in [0.29, 0.717) is 6.42 Å². The molecule has 2 nitrogen and oxygen atoms in total. The summed E-state index contributed by atoms with van der Waals surface area (Å²) >= 11 is 0. The Kier molecular flexibility index (Phi) is 12.3. The van der Waals surface area contributed by atoms with Crippen molar-refractivity contribution in [3.63, 3.8) is 0 Å². The van der Waals surface area contributed by atoms with E-state index in [2.05, 4.69) is 5.92 Å². The van der Waals surface area contributed by atoms with Crippen molar-refractivity contribution in [1.82, 2.24) is 0 Å². The molecule has 0 bridgehead atoms. The predicted molar refractivity (Wildman–Crippen MR) is 71.9 cm³/mol. The molecule has 0 aromatic rings. The fourth-order valence-electron chi connectivity index (χ4n) is 1.92. The van der Waals surface area contributed by atoms with Gasteiger partial charge in [0.05, 0.1) is 0 Å². The van der Waals surface area contributed by atoms with Gasteiger partial charge in [-0.2, -0.15) is 0 Å². The van der Waals surface area contributed by atoms with Crippen molar-refractivity contribution < 1.29 is 9.90 Å². The molecular weight excluding hydrogens is 212 g/mol. The zero-order valence-corrected chi connectivity index (χ0v) is 10.9. The van der Waals surface area contributed by atoms with Crippen LogP contribution in [0.3, 0.4) is 0 Å². The Morgan fingerprint density at radius 3 is 1.65 bits per heavy atom. The van der Waals surface area contributed by atoms with E-state index in [1.54, 1.807) is 0 Å². The maximum Gasteiger partial charge on any atom is 0.303 e. The van der Waals surface area contributed by atoms with Crippen LogP contribution in [0.1, 0.15) is 77.0 Å². The van der Waals surface area contributed by atoms with Gasteiger partial charge < -0.3 is 5.11 Å². The smallest absolute Gasteiger partial charge is 0.303 e. The molecule has 0 aromatic heterocycles. The van der Waals surface area contributed by atoms with E-state index in [9.17, 15) is 4.79 Å². The highest BCUT2D eigenvalue weighted by atomic mass is 16.4. The molecule has 0 aliphatic heterocycles. The Morgan fingerprint density at radius 1 is 0.824 bits per heavy atom. The van der Waals surface area contributed by atoms with Crippen molar-refractivity contribution in [3.05, 3.63) is 0 Å². The molecule has 0 aliphatic carbocycles. The monoisotopic (exact) mass is 238 g/mol. The van der Waals surface area contributed by atoms with Crippen LogP contribution in [-0.2, 0) is 4.79 Å². The number of rotatable bonds is 12. The first-order valence-electron chi connectivity index (χ1n) is 6.92. The molecule has 0 rings (SSSR count). The topological polar surface area (TPSA) is 37.3 Å². The molecule has 0 aliphatic rings. The number of unbranched alkanes of at least 4 members (excludes halogenated alkanes) is 10. The second-order valence-electron chi connectivity index (χ2n) is 4.63. The summed E-state index contributed by atoms with van der Waals surface area (Å²) in [6, 6.07) is 0. The molecular formula is C15H26O2. The van der Waals surface area contributed by atoms with E-state index in [1.165, 1.54) is 51.4 Å². The minimum Gasteiger partial charge on any atom is -0.481 e. The van der Waals surface area contributed by atoms with Gasteiger partial charge in [-0.05, 0) is 12.8 Å². The third-order valence-electron chi connectivity index (χ3n) is 2.96. The number of hydrogen-bond acceptors (Lipinski definition) is 1. The van der Waals surface area contributed by atoms with E-state index in [0.717, 1.165) is 19.3 Å². The maximum atomic E-state index is 10.3. The van der Waals surface area contributed by atoms with Gasteiger partial charge in [0.2, 0.25) is 0 Å². The Labute approximate surface area is 106 Å². The zero-order chi connectivity index (χ0) is 12.8. The molecule has 0 fully saturated rings. The first-order valence-corrected chi connectivity index (χ1v) is 6.92.